The second kappa shape index (κ2) is 7.20. The molecule has 0 aliphatic carbocycles. The van der Waals surface area contributed by atoms with Gasteiger partial charge >= 0.3 is 6.09 Å². The standard InChI is InChI=1S/C20H23N3O3/c1-20(2,3)26-19(24)23-11-8-15(9-12-23)25-17-7-10-22-18-14(13-21)5-4-6-16(17)18/h4-7,10,15H,8-9,11-12H2,1-3H3. The molecular formula is C20H23N3O3. The minimum Gasteiger partial charge on any atom is -0.490 e. The largest absolute Gasteiger partial charge is 0.490 e. The zero-order valence-corrected chi connectivity index (χ0v) is 15.4. The van der Waals surface area contributed by atoms with Crippen LogP contribution in [0.2, 0.25) is 0 Å². The molecule has 0 radical (unpaired) electrons. The van der Waals surface area contributed by atoms with Crippen LogP contribution in [0.15, 0.2) is 30.5 Å². The lowest BCUT2D eigenvalue weighted by Crippen LogP contribution is -2.44. The third-order valence-electron chi connectivity index (χ3n) is 4.24. The van der Waals surface area contributed by atoms with Crippen LogP contribution in [-0.4, -0.2) is 40.8 Å². The number of hydrogen-bond donors (Lipinski definition) is 0. The molecule has 1 amide bonds. The molecule has 26 heavy (non-hydrogen) atoms. The Kier molecular flexibility index (Phi) is 4.99. The van der Waals surface area contributed by atoms with Crippen LogP contribution in [0.1, 0.15) is 39.2 Å². The highest BCUT2D eigenvalue weighted by Gasteiger charge is 2.27. The van der Waals surface area contributed by atoms with E-state index in [0.29, 0.717) is 24.2 Å². The van der Waals surface area contributed by atoms with E-state index < -0.39 is 5.60 Å². The number of piperidine rings is 1. The maximum Gasteiger partial charge on any atom is 0.410 e. The molecule has 1 fully saturated rings. The van der Waals surface area contributed by atoms with Crippen molar-refractivity contribution in [3.8, 4) is 11.8 Å². The fourth-order valence-corrected chi connectivity index (χ4v) is 3.01. The Labute approximate surface area is 153 Å². The number of amides is 1. The molecule has 1 aromatic carbocycles. The normalized spacial score (nSPS) is 15.5. The highest BCUT2D eigenvalue weighted by molar-refractivity contribution is 5.89. The van der Waals surface area contributed by atoms with Crippen molar-refractivity contribution in [3.05, 3.63) is 36.0 Å². The predicted octanol–water partition coefficient (Wildman–Crippen LogP) is 3.88. The van der Waals surface area contributed by atoms with Crippen molar-refractivity contribution >= 4 is 17.0 Å². The van der Waals surface area contributed by atoms with E-state index >= 15 is 0 Å². The molecule has 0 N–H and O–H groups in total. The van der Waals surface area contributed by atoms with Gasteiger partial charge in [-0.2, -0.15) is 5.26 Å². The minimum atomic E-state index is -0.487. The van der Waals surface area contributed by atoms with Crippen molar-refractivity contribution in [1.82, 2.24) is 9.88 Å². The van der Waals surface area contributed by atoms with E-state index in [2.05, 4.69) is 11.1 Å². The van der Waals surface area contributed by atoms with Crippen LogP contribution in [-0.2, 0) is 4.74 Å². The number of carbonyl (C=O) groups excluding carboxylic acids is 1. The van der Waals surface area contributed by atoms with Gasteiger partial charge in [0.2, 0.25) is 0 Å². The number of ether oxygens (including phenoxy) is 2. The first kappa shape index (κ1) is 18.0. The molecule has 6 nitrogen and oxygen atoms in total. The number of aromatic nitrogens is 1. The predicted molar refractivity (Wildman–Crippen MR) is 97.9 cm³/mol. The van der Waals surface area contributed by atoms with E-state index in [9.17, 15) is 10.1 Å². The fraction of sp³-hybridized carbons (Fsp3) is 0.450. The third kappa shape index (κ3) is 4.05. The van der Waals surface area contributed by atoms with Gasteiger partial charge in [0.05, 0.1) is 11.1 Å². The Morgan fingerprint density at radius 2 is 2.00 bits per heavy atom. The molecule has 1 aromatic heterocycles. The molecule has 0 unspecified atom stereocenters. The maximum absolute atomic E-state index is 12.1. The Morgan fingerprint density at radius 1 is 1.27 bits per heavy atom. The first-order valence-electron chi connectivity index (χ1n) is 8.80. The van der Waals surface area contributed by atoms with E-state index in [1.54, 1.807) is 17.2 Å². The molecule has 2 aromatic rings. The zero-order valence-electron chi connectivity index (χ0n) is 15.4. The first-order valence-corrected chi connectivity index (χ1v) is 8.80. The van der Waals surface area contributed by atoms with Gasteiger partial charge < -0.3 is 14.4 Å². The number of likely N-dealkylation sites (tertiary alicyclic amines) is 1. The molecule has 0 atom stereocenters. The lowest BCUT2D eigenvalue weighted by molar-refractivity contribution is 0.0128. The topological polar surface area (TPSA) is 75.4 Å². The summed E-state index contributed by atoms with van der Waals surface area (Å²) in [7, 11) is 0. The summed E-state index contributed by atoms with van der Waals surface area (Å²) in [6, 6.07) is 9.48. The summed E-state index contributed by atoms with van der Waals surface area (Å²) in [5, 5.41) is 10.1. The number of carbonyl (C=O) groups is 1. The van der Waals surface area contributed by atoms with Gasteiger partial charge in [-0.3, -0.25) is 4.98 Å². The molecule has 136 valence electrons. The molecule has 3 rings (SSSR count). The van der Waals surface area contributed by atoms with E-state index in [1.807, 2.05) is 39.0 Å². The second-order valence-corrected chi connectivity index (χ2v) is 7.41. The Balaban J connectivity index is 1.66. The highest BCUT2D eigenvalue weighted by Crippen LogP contribution is 2.28. The van der Waals surface area contributed by atoms with Crippen LogP contribution >= 0.6 is 0 Å². The molecule has 0 spiro atoms. The van der Waals surface area contributed by atoms with E-state index in [-0.39, 0.29) is 12.2 Å². The van der Waals surface area contributed by atoms with Crippen molar-refractivity contribution in [3.63, 3.8) is 0 Å². The summed E-state index contributed by atoms with van der Waals surface area (Å²) in [5.74, 6) is 0.725. The van der Waals surface area contributed by atoms with Crippen molar-refractivity contribution in [2.24, 2.45) is 0 Å². The van der Waals surface area contributed by atoms with E-state index in [0.717, 1.165) is 24.0 Å². The minimum absolute atomic E-state index is 0.0185. The number of benzene rings is 1. The SMILES string of the molecule is CC(C)(C)OC(=O)N1CCC(Oc2ccnc3c(C#N)cccc23)CC1. The summed E-state index contributed by atoms with van der Waals surface area (Å²) in [4.78, 5) is 18.2. The molecular weight excluding hydrogens is 330 g/mol. The smallest absolute Gasteiger partial charge is 0.410 e. The van der Waals surface area contributed by atoms with Crippen molar-refractivity contribution in [1.29, 1.82) is 5.26 Å². The molecule has 0 bridgehead atoms. The van der Waals surface area contributed by atoms with Crippen LogP contribution in [0.4, 0.5) is 4.79 Å². The van der Waals surface area contributed by atoms with Crippen molar-refractivity contribution in [2.45, 2.75) is 45.3 Å². The average Bonchev–Trinajstić information content (AvgIpc) is 2.60. The molecule has 1 aliphatic heterocycles. The summed E-state index contributed by atoms with van der Waals surface area (Å²) in [5.41, 5.74) is 0.699. The third-order valence-corrected chi connectivity index (χ3v) is 4.24. The lowest BCUT2D eigenvalue weighted by atomic mass is 10.1. The van der Waals surface area contributed by atoms with Crippen molar-refractivity contribution in [2.75, 3.05) is 13.1 Å². The number of nitriles is 1. The van der Waals surface area contributed by atoms with Crippen LogP contribution in [0.25, 0.3) is 10.9 Å². The first-order chi connectivity index (χ1) is 12.4. The Hall–Kier alpha value is -2.81. The van der Waals surface area contributed by atoms with Crippen LogP contribution < -0.4 is 4.74 Å². The van der Waals surface area contributed by atoms with Crippen molar-refractivity contribution < 1.29 is 14.3 Å². The second-order valence-electron chi connectivity index (χ2n) is 7.41. The molecule has 2 heterocycles. The van der Waals surface area contributed by atoms with Gasteiger partial charge in [0.1, 0.15) is 23.5 Å². The van der Waals surface area contributed by atoms with Gasteiger partial charge in [0.15, 0.2) is 0 Å². The molecule has 1 saturated heterocycles. The monoisotopic (exact) mass is 353 g/mol. The van der Waals surface area contributed by atoms with Crippen LogP contribution in [0, 0.1) is 11.3 Å². The Bertz CT molecular complexity index is 843. The van der Waals surface area contributed by atoms with Gasteiger partial charge in [0.25, 0.3) is 0 Å². The number of nitrogens with zero attached hydrogens (tertiary/aromatic N) is 3. The maximum atomic E-state index is 12.1. The molecule has 1 aliphatic rings. The van der Waals surface area contributed by atoms with E-state index in [4.69, 9.17) is 9.47 Å². The fourth-order valence-electron chi connectivity index (χ4n) is 3.01. The number of rotatable bonds is 2. The van der Waals surface area contributed by atoms with Gasteiger partial charge in [-0.15, -0.1) is 0 Å². The Morgan fingerprint density at radius 3 is 2.65 bits per heavy atom. The average molecular weight is 353 g/mol. The van der Waals surface area contributed by atoms with Gasteiger partial charge in [-0.1, -0.05) is 6.07 Å². The zero-order chi connectivity index (χ0) is 18.7. The summed E-state index contributed by atoms with van der Waals surface area (Å²) in [6.45, 7) is 6.80. The number of hydrogen-bond acceptors (Lipinski definition) is 5. The number of para-hydroxylation sites is 1. The summed E-state index contributed by atoms with van der Waals surface area (Å²) >= 11 is 0. The molecule has 0 saturated carbocycles. The highest BCUT2D eigenvalue weighted by atomic mass is 16.6. The van der Waals surface area contributed by atoms with Gasteiger partial charge in [-0.25, -0.2) is 4.79 Å². The quantitative estimate of drug-likeness (QED) is 0.819. The van der Waals surface area contributed by atoms with Crippen LogP contribution in [0.3, 0.4) is 0 Å². The molecule has 6 heteroatoms. The van der Waals surface area contributed by atoms with Gasteiger partial charge in [0, 0.05) is 37.5 Å². The van der Waals surface area contributed by atoms with Gasteiger partial charge in [-0.05, 0) is 39.0 Å². The number of pyridine rings is 1. The van der Waals surface area contributed by atoms with Crippen LogP contribution in [0.5, 0.6) is 5.75 Å². The van der Waals surface area contributed by atoms with E-state index in [1.165, 1.54) is 0 Å². The summed E-state index contributed by atoms with van der Waals surface area (Å²) in [6.07, 6.45) is 2.88. The number of fused-ring (bicyclic) bond motifs is 1. The lowest BCUT2D eigenvalue weighted by Gasteiger charge is -2.33. The summed E-state index contributed by atoms with van der Waals surface area (Å²) < 4.78 is 11.6.